The summed E-state index contributed by atoms with van der Waals surface area (Å²) in [6, 6.07) is 19.0. The first kappa shape index (κ1) is 22.6. The molecule has 172 valence electrons. The molecular weight excluding hydrogens is 421 g/mol. The zero-order valence-corrected chi connectivity index (χ0v) is 19.1. The van der Waals surface area contributed by atoms with Gasteiger partial charge in [0.05, 0.1) is 18.8 Å². The number of nitrogens with zero attached hydrogens (tertiary/aromatic N) is 1. The van der Waals surface area contributed by atoms with Gasteiger partial charge < -0.3 is 19.1 Å². The van der Waals surface area contributed by atoms with Crippen molar-refractivity contribution in [1.82, 2.24) is 4.90 Å². The van der Waals surface area contributed by atoms with Gasteiger partial charge in [-0.05, 0) is 86.5 Å². The average molecular weight is 450 g/mol. The minimum Gasteiger partial charge on any atom is -0.494 e. The Morgan fingerprint density at radius 2 is 1.55 bits per heavy atom. The molecule has 0 bridgehead atoms. The maximum absolute atomic E-state index is 13.8. The Kier molecular flexibility index (Phi) is 6.82. The van der Waals surface area contributed by atoms with E-state index in [1.807, 2.05) is 69.3 Å². The molecule has 3 aromatic carbocycles. The topological polar surface area (TPSA) is 48.0 Å². The number of amides is 1. The van der Waals surface area contributed by atoms with Crippen molar-refractivity contribution in [3.63, 3.8) is 0 Å². The smallest absolute Gasteiger partial charge is 0.255 e. The zero-order valence-electron chi connectivity index (χ0n) is 19.1. The Morgan fingerprint density at radius 3 is 2.18 bits per heavy atom. The van der Waals surface area contributed by atoms with Gasteiger partial charge in [0, 0.05) is 12.1 Å². The Balaban J connectivity index is 1.57. The molecule has 1 aliphatic rings. The van der Waals surface area contributed by atoms with Crippen LogP contribution in [0.1, 0.15) is 48.3 Å². The van der Waals surface area contributed by atoms with Crippen LogP contribution in [0.4, 0.5) is 4.39 Å². The highest BCUT2D eigenvalue weighted by molar-refractivity contribution is 5.98. The number of ether oxygens (including phenoxy) is 3. The van der Waals surface area contributed by atoms with E-state index in [4.69, 9.17) is 14.2 Å². The highest BCUT2D eigenvalue weighted by Gasteiger charge is 2.34. The highest BCUT2D eigenvalue weighted by Crippen LogP contribution is 2.33. The van der Waals surface area contributed by atoms with E-state index in [1.54, 1.807) is 11.0 Å². The van der Waals surface area contributed by atoms with Gasteiger partial charge in [0.2, 0.25) is 0 Å². The lowest BCUT2D eigenvalue weighted by molar-refractivity contribution is 0.0635. The first-order valence-corrected chi connectivity index (χ1v) is 11.2. The van der Waals surface area contributed by atoms with Crippen molar-refractivity contribution in [1.29, 1.82) is 0 Å². The number of carbonyl (C=O) groups is 1. The minimum atomic E-state index is -0.354. The summed E-state index contributed by atoms with van der Waals surface area (Å²) in [5, 5.41) is 0. The monoisotopic (exact) mass is 449 g/mol. The van der Waals surface area contributed by atoms with Crippen LogP contribution in [-0.4, -0.2) is 30.1 Å². The summed E-state index contributed by atoms with van der Waals surface area (Å²) in [6.45, 7) is 7.05. The maximum Gasteiger partial charge on any atom is 0.255 e. The van der Waals surface area contributed by atoms with Gasteiger partial charge in [-0.3, -0.25) is 4.79 Å². The van der Waals surface area contributed by atoms with Crippen LogP contribution in [0, 0.1) is 5.82 Å². The summed E-state index contributed by atoms with van der Waals surface area (Å²) in [4.78, 5) is 14.9. The quantitative estimate of drug-likeness (QED) is 0.415. The van der Waals surface area contributed by atoms with E-state index in [0.29, 0.717) is 30.0 Å². The summed E-state index contributed by atoms with van der Waals surface area (Å²) < 4.78 is 31.1. The molecule has 0 fully saturated rings. The van der Waals surface area contributed by atoms with Crippen molar-refractivity contribution < 1.29 is 23.4 Å². The molecule has 0 spiro atoms. The fourth-order valence-corrected chi connectivity index (χ4v) is 3.94. The molecule has 3 aromatic rings. The molecule has 6 heteroatoms. The number of halogens is 1. The van der Waals surface area contributed by atoms with Gasteiger partial charge in [-0.25, -0.2) is 4.39 Å². The molecule has 0 saturated heterocycles. The molecule has 0 aromatic heterocycles. The van der Waals surface area contributed by atoms with Crippen molar-refractivity contribution in [2.24, 2.45) is 0 Å². The molecular formula is C27H28FNO4. The lowest BCUT2D eigenvalue weighted by Gasteiger charge is -2.28. The molecule has 1 atom stereocenters. The Labute approximate surface area is 193 Å². The lowest BCUT2D eigenvalue weighted by Crippen LogP contribution is -2.33. The van der Waals surface area contributed by atoms with Crippen LogP contribution in [0.3, 0.4) is 0 Å². The molecule has 33 heavy (non-hydrogen) atoms. The van der Waals surface area contributed by atoms with Gasteiger partial charge in [-0.1, -0.05) is 12.1 Å². The SMILES string of the molecule is CCOc1ccc(OCC(c2ccc(OC(C)C)cc2)N2Cc3cc(F)ccc3C2=O)cc1. The average Bonchev–Trinajstić information content (AvgIpc) is 3.11. The van der Waals surface area contributed by atoms with Crippen molar-refractivity contribution >= 4 is 5.91 Å². The van der Waals surface area contributed by atoms with Crippen molar-refractivity contribution in [3.8, 4) is 17.2 Å². The number of carbonyl (C=O) groups excluding carboxylic acids is 1. The van der Waals surface area contributed by atoms with Crippen LogP contribution >= 0.6 is 0 Å². The fraction of sp³-hybridized carbons (Fsp3) is 0.296. The molecule has 0 saturated carbocycles. The summed E-state index contributed by atoms with van der Waals surface area (Å²) >= 11 is 0. The Hall–Kier alpha value is -3.54. The van der Waals surface area contributed by atoms with Crippen LogP contribution in [0.5, 0.6) is 17.2 Å². The van der Waals surface area contributed by atoms with Crippen LogP contribution < -0.4 is 14.2 Å². The van der Waals surface area contributed by atoms with E-state index in [2.05, 4.69) is 0 Å². The first-order chi connectivity index (χ1) is 15.9. The van der Waals surface area contributed by atoms with Gasteiger partial charge in [-0.15, -0.1) is 0 Å². The minimum absolute atomic E-state index is 0.0687. The second kappa shape index (κ2) is 9.94. The van der Waals surface area contributed by atoms with Crippen LogP contribution in [-0.2, 0) is 6.54 Å². The lowest BCUT2D eigenvalue weighted by atomic mass is 10.1. The number of hydrogen-bond donors (Lipinski definition) is 0. The number of hydrogen-bond acceptors (Lipinski definition) is 4. The second-order valence-corrected chi connectivity index (χ2v) is 8.20. The standard InChI is InChI=1S/C27H28FNO4/c1-4-31-22-10-12-23(13-11-22)32-17-26(19-5-8-24(9-6-19)33-18(2)3)29-16-20-15-21(28)7-14-25(20)27(29)30/h5-15,18,26H,4,16-17H2,1-3H3. The molecule has 1 aliphatic heterocycles. The van der Waals surface area contributed by atoms with Gasteiger partial charge in [0.15, 0.2) is 0 Å². The van der Waals surface area contributed by atoms with E-state index < -0.39 is 0 Å². The van der Waals surface area contributed by atoms with Crippen molar-refractivity contribution in [3.05, 3.63) is 89.2 Å². The third kappa shape index (κ3) is 5.28. The van der Waals surface area contributed by atoms with E-state index in [9.17, 15) is 9.18 Å². The van der Waals surface area contributed by atoms with Crippen LogP contribution in [0.15, 0.2) is 66.7 Å². The fourth-order valence-electron chi connectivity index (χ4n) is 3.94. The zero-order chi connectivity index (χ0) is 23.4. The van der Waals surface area contributed by atoms with Crippen molar-refractivity contribution in [2.45, 2.75) is 39.5 Å². The number of benzene rings is 3. The summed E-state index contributed by atoms with van der Waals surface area (Å²) in [6.07, 6.45) is 0.0687. The predicted octanol–water partition coefficient (Wildman–Crippen LogP) is 5.79. The van der Waals surface area contributed by atoms with Crippen LogP contribution in [0.2, 0.25) is 0 Å². The molecule has 1 heterocycles. The molecule has 0 aliphatic carbocycles. The van der Waals surface area contributed by atoms with Gasteiger partial charge >= 0.3 is 0 Å². The number of rotatable bonds is 9. The molecule has 0 radical (unpaired) electrons. The van der Waals surface area contributed by atoms with Gasteiger partial charge in [0.1, 0.15) is 29.7 Å². The van der Waals surface area contributed by atoms with E-state index in [0.717, 1.165) is 17.1 Å². The van der Waals surface area contributed by atoms with Gasteiger partial charge in [-0.2, -0.15) is 0 Å². The first-order valence-electron chi connectivity index (χ1n) is 11.2. The van der Waals surface area contributed by atoms with E-state index >= 15 is 0 Å². The third-order valence-electron chi connectivity index (χ3n) is 5.45. The summed E-state index contributed by atoms with van der Waals surface area (Å²) in [5.41, 5.74) is 2.13. The molecule has 5 nitrogen and oxygen atoms in total. The predicted molar refractivity (Wildman–Crippen MR) is 124 cm³/mol. The molecule has 1 amide bonds. The molecule has 0 N–H and O–H groups in total. The maximum atomic E-state index is 13.8. The third-order valence-corrected chi connectivity index (χ3v) is 5.45. The second-order valence-electron chi connectivity index (χ2n) is 8.20. The van der Waals surface area contributed by atoms with E-state index in [1.165, 1.54) is 12.1 Å². The number of fused-ring (bicyclic) bond motifs is 1. The largest absolute Gasteiger partial charge is 0.494 e. The molecule has 1 unspecified atom stereocenters. The Bertz CT molecular complexity index is 1100. The Morgan fingerprint density at radius 1 is 0.909 bits per heavy atom. The molecule has 4 rings (SSSR count). The van der Waals surface area contributed by atoms with Gasteiger partial charge in [0.25, 0.3) is 5.91 Å². The summed E-state index contributed by atoms with van der Waals surface area (Å²) in [7, 11) is 0. The van der Waals surface area contributed by atoms with Crippen molar-refractivity contribution in [2.75, 3.05) is 13.2 Å². The normalized spacial score (nSPS) is 13.7. The van der Waals surface area contributed by atoms with Crippen LogP contribution in [0.25, 0.3) is 0 Å². The van der Waals surface area contributed by atoms with E-state index in [-0.39, 0.29) is 30.5 Å². The highest BCUT2D eigenvalue weighted by atomic mass is 19.1. The summed E-state index contributed by atoms with van der Waals surface area (Å²) in [5.74, 6) is 1.74.